The van der Waals surface area contributed by atoms with Gasteiger partial charge >= 0.3 is 0 Å². The molecule has 1 aliphatic heterocycles. The first-order chi connectivity index (χ1) is 13.2. The Morgan fingerprint density at radius 3 is 2.74 bits per heavy atom. The Hall–Kier alpha value is -2.11. The second-order valence-electron chi connectivity index (χ2n) is 7.00. The van der Waals surface area contributed by atoms with Crippen molar-refractivity contribution >= 4 is 15.9 Å². The number of fused-ring (bicyclic) bond motifs is 1. The summed E-state index contributed by atoms with van der Waals surface area (Å²) in [6.45, 7) is 5.01. The van der Waals surface area contributed by atoms with E-state index in [2.05, 4.69) is 55.9 Å². The third kappa shape index (κ3) is 4.25. The molecule has 0 atom stereocenters. The highest BCUT2D eigenvalue weighted by Gasteiger charge is 2.18. The number of pyridine rings is 1. The molecule has 1 aliphatic rings. The van der Waals surface area contributed by atoms with E-state index >= 15 is 0 Å². The molecule has 4 nitrogen and oxygen atoms in total. The van der Waals surface area contributed by atoms with Crippen LogP contribution >= 0.6 is 15.9 Å². The van der Waals surface area contributed by atoms with Crippen molar-refractivity contribution in [2.75, 3.05) is 6.54 Å². The predicted molar refractivity (Wildman–Crippen MR) is 111 cm³/mol. The molecule has 0 aliphatic carbocycles. The van der Waals surface area contributed by atoms with Gasteiger partial charge in [0, 0.05) is 66.2 Å². The van der Waals surface area contributed by atoms with Gasteiger partial charge in [-0.25, -0.2) is 9.97 Å². The molecular weight excluding hydrogens is 400 g/mol. The number of rotatable bonds is 5. The van der Waals surface area contributed by atoms with E-state index in [0.29, 0.717) is 0 Å². The van der Waals surface area contributed by atoms with E-state index < -0.39 is 0 Å². The summed E-state index contributed by atoms with van der Waals surface area (Å²) in [6.07, 6.45) is 7.07. The summed E-state index contributed by atoms with van der Waals surface area (Å²) in [7, 11) is 0. The fraction of sp³-hybridized carbons (Fsp3) is 0.318. The first-order valence-corrected chi connectivity index (χ1v) is 10.3. The van der Waals surface area contributed by atoms with Crippen molar-refractivity contribution in [1.29, 1.82) is 0 Å². The molecule has 0 radical (unpaired) electrons. The van der Waals surface area contributed by atoms with Crippen LogP contribution in [0.5, 0.6) is 0 Å². The van der Waals surface area contributed by atoms with Crippen LogP contribution in [0, 0.1) is 0 Å². The van der Waals surface area contributed by atoms with Gasteiger partial charge < -0.3 is 0 Å². The molecule has 1 aromatic carbocycles. The van der Waals surface area contributed by atoms with Crippen LogP contribution in [-0.2, 0) is 25.9 Å². The van der Waals surface area contributed by atoms with Crippen molar-refractivity contribution in [3.8, 4) is 11.3 Å². The Kier molecular flexibility index (Phi) is 5.60. The van der Waals surface area contributed by atoms with Crippen LogP contribution in [-0.4, -0.2) is 26.4 Å². The largest absolute Gasteiger partial charge is 0.294 e. The van der Waals surface area contributed by atoms with Crippen LogP contribution < -0.4 is 0 Å². The second kappa shape index (κ2) is 8.28. The smallest absolute Gasteiger partial charge is 0.128 e. The van der Waals surface area contributed by atoms with Gasteiger partial charge in [0.15, 0.2) is 0 Å². The van der Waals surface area contributed by atoms with E-state index in [4.69, 9.17) is 4.98 Å². The molecule has 2 aromatic heterocycles. The lowest BCUT2D eigenvalue weighted by Crippen LogP contribution is -2.31. The average molecular weight is 423 g/mol. The zero-order valence-electron chi connectivity index (χ0n) is 15.5. The molecule has 0 bridgehead atoms. The van der Waals surface area contributed by atoms with Crippen molar-refractivity contribution in [2.45, 2.75) is 39.3 Å². The number of nitrogens with zero attached hydrogens (tertiary/aromatic N) is 4. The lowest BCUT2D eigenvalue weighted by molar-refractivity contribution is 0.242. The van der Waals surface area contributed by atoms with Gasteiger partial charge in [-0.1, -0.05) is 47.1 Å². The second-order valence-corrected chi connectivity index (χ2v) is 7.85. The molecule has 0 saturated heterocycles. The molecule has 0 amide bonds. The minimum atomic E-state index is 0.902. The van der Waals surface area contributed by atoms with Gasteiger partial charge in [0.05, 0.1) is 5.69 Å². The Bertz CT molecular complexity index is 924. The lowest BCUT2D eigenvalue weighted by Gasteiger charge is -2.28. The van der Waals surface area contributed by atoms with E-state index in [-0.39, 0.29) is 0 Å². The molecular formula is C22H23BrN4. The normalized spacial score (nSPS) is 14.1. The molecule has 3 heterocycles. The third-order valence-corrected chi connectivity index (χ3v) is 5.61. The van der Waals surface area contributed by atoms with Crippen molar-refractivity contribution in [3.05, 3.63) is 75.9 Å². The van der Waals surface area contributed by atoms with E-state index in [1.165, 1.54) is 16.8 Å². The Morgan fingerprint density at radius 1 is 1.07 bits per heavy atom. The molecule has 0 N–H and O–H groups in total. The van der Waals surface area contributed by atoms with Gasteiger partial charge in [-0.15, -0.1) is 0 Å². The predicted octanol–water partition coefficient (Wildman–Crippen LogP) is 4.81. The highest BCUT2D eigenvalue weighted by atomic mass is 79.9. The Balaban J connectivity index is 1.43. The molecule has 138 valence electrons. The van der Waals surface area contributed by atoms with Crippen molar-refractivity contribution in [3.63, 3.8) is 0 Å². The SMILES string of the molecule is CCCc1ncc2c(n1)CCN(Cc1ccc(-c3ccccc3Br)nc1)C2. The minimum Gasteiger partial charge on any atom is -0.294 e. The Labute approximate surface area is 168 Å². The quantitative estimate of drug-likeness (QED) is 0.591. The van der Waals surface area contributed by atoms with Crippen LogP contribution in [0.4, 0.5) is 0 Å². The summed E-state index contributed by atoms with van der Waals surface area (Å²) in [4.78, 5) is 16.4. The number of hydrogen-bond acceptors (Lipinski definition) is 4. The van der Waals surface area contributed by atoms with Crippen LogP contribution in [0.15, 0.2) is 53.3 Å². The van der Waals surface area contributed by atoms with Gasteiger partial charge in [0.1, 0.15) is 5.82 Å². The lowest BCUT2D eigenvalue weighted by atomic mass is 10.1. The fourth-order valence-corrected chi connectivity index (χ4v) is 3.99. The highest BCUT2D eigenvalue weighted by Crippen LogP contribution is 2.26. The number of aromatic nitrogens is 3. The van der Waals surface area contributed by atoms with Crippen molar-refractivity contribution in [2.24, 2.45) is 0 Å². The molecule has 0 fully saturated rings. The third-order valence-electron chi connectivity index (χ3n) is 4.92. The maximum Gasteiger partial charge on any atom is 0.128 e. The molecule has 5 heteroatoms. The summed E-state index contributed by atoms with van der Waals surface area (Å²) in [6, 6.07) is 12.5. The standard InChI is InChI=1S/C22H23BrN4/c1-2-5-22-25-13-17-15-27(11-10-20(17)26-22)14-16-8-9-21(24-12-16)18-6-3-4-7-19(18)23/h3-4,6-9,12-13H,2,5,10-11,14-15H2,1H3. The van der Waals surface area contributed by atoms with Crippen LogP contribution in [0.25, 0.3) is 11.3 Å². The van der Waals surface area contributed by atoms with Crippen molar-refractivity contribution in [1.82, 2.24) is 19.9 Å². The van der Waals surface area contributed by atoms with E-state index in [9.17, 15) is 0 Å². The minimum absolute atomic E-state index is 0.902. The maximum absolute atomic E-state index is 4.74. The number of halogens is 1. The number of hydrogen-bond donors (Lipinski definition) is 0. The molecule has 0 unspecified atom stereocenters. The van der Waals surface area contributed by atoms with E-state index in [1.54, 1.807) is 0 Å². The number of benzene rings is 1. The van der Waals surface area contributed by atoms with Crippen LogP contribution in [0.2, 0.25) is 0 Å². The molecule has 3 aromatic rings. The van der Waals surface area contributed by atoms with Crippen LogP contribution in [0.1, 0.15) is 36.0 Å². The molecule has 4 rings (SSSR count). The van der Waals surface area contributed by atoms with E-state index in [1.807, 2.05) is 30.6 Å². The summed E-state index contributed by atoms with van der Waals surface area (Å²) in [5.74, 6) is 0.983. The van der Waals surface area contributed by atoms with Gasteiger partial charge in [-0.05, 0) is 24.1 Å². The van der Waals surface area contributed by atoms with E-state index in [0.717, 1.165) is 60.5 Å². The zero-order valence-corrected chi connectivity index (χ0v) is 17.1. The molecule has 0 saturated carbocycles. The molecule has 27 heavy (non-hydrogen) atoms. The summed E-state index contributed by atoms with van der Waals surface area (Å²) in [5, 5.41) is 0. The number of aryl methyl sites for hydroxylation is 1. The summed E-state index contributed by atoms with van der Waals surface area (Å²) in [5.41, 5.74) is 5.84. The van der Waals surface area contributed by atoms with Gasteiger partial charge in [-0.3, -0.25) is 9.88 Å². The van der Waals surface area contributed by atoms with Gasteiger partial charge in [0.25, 0.3) is 0 Å². The topological polar surface area (TPSA) is 41.9 Å². The highest BCUT2D eigenvalue weighted by molar-refractivity contribution is 9.10. The maximum atomic E-state index is 4.74. The van der Waals surface area contributed by atoms with Gasteiger partial charge in [-0.2, -0.15) is 0 Å². The van der Waals surface area contributed by atoms with Crippen molar-refractivity contribution < 1.29 is 0 Å². The first-order valence-electron chi connectivity index (χ1n) is 9.49. The van der Waals surface area contributed by atoms with Crippen LogP contribution in [0.3, 0.4) is 0 Å². The average Bonchev–Trinajstić information content (AvgIpc) is 2.69. The zero-order chi connectivity index (χ0) is 18.6. The van der Waals surface area contributed by atoms with Gasteiger partial charge in [0.2, 0.25) is 0 Å². The monoisotopic (exact) mass is 422 g/mol. The fourth-order valence-electron chi connectivity index (χ4n) is 3.50. The summed E-state index contributed by atoms with van der Waals surface area (Å²) >= 11 is 3.60. The first kappa shape index (κ1) is 18.3. The molecule has 0 spiro atoms. The summed E-state index contributed by atoms with van der Waals surface area (Å²) < 4.78 is 1.07. The Morgan fingerprint density at radius 2 is 1.96 bits per heavy atom.